The molecular formula is C31H34O7. The molecule has 200 valence electrons. The van der Waals surface area contributed by atoms with E-state index in [0.717, 1.165) is 12.0 Å². The largest absolute Gasteiger partial charge is 0.496 e. The number of Topliss-reactive ketones (excluding diaryl/α,β-unsaturated/α-hetero) is 1. The Morgan fingerprint density at radius 1 is 1.00 bits per heavy atom. The number of benzene rings is 3. The van der Waals surface area contributed by atoms with E-state index in [-0.39, 0.29) is 19.0 Å². The molecule has 7 heteroatoms. The summed E-state index contributed by atoms with van der Waals surface area (Å²) in [5.41, 5.74) is 1.92. The van der Waals surface area contributed by atoms with Gasteiger partial charge in [0.1, 0.15) is 41.0 Å². The lowest BCUT2D eigenvalue weighted by molar-refractivity contribution is 0.0912. The number of methoxy groups -OCH3 is 1. The minimum absolute atomic E-state index is 0.277. The number of fused-ring (bicyclic) bond motifs is 1. The summed E-state index contributed by atoms with van der Waals surface area (Å²) < 4.78 is 29.4. The van der Waals surface area contributed by atoms with Gasteiger partial charge in [-0.05, 0) is 50.1 Å². The van der Waals surface area contributed by atoms with Gasteiger partial charge in [-0.15, -0.1) is 0 Å². The van der Waals surface area contributed by atoms with Crippen molar-refractivity contribution < 1.29 is 33.6 Å². The van der Waals surface area contributed by atoms with E-state index >= 15 is 0 Å². The third-order valence-corrected chi connectivity index (χ3v) is 6.06. The summed E-state index contributed by atoms with van der Waals surface area (Å²) in [6.07, 6.45) is 4.65. The summed E-state index contributed by atoms with van der Waals surface area (Å²) in [6, 6.07) is 16.6. The summed E-state index contributed by atoms with van der Waals surface area (Å²) >= 11 is 0. The van der Waals surface area contributed by atoms with Gasteiger partial charge in [-0.25, -0.2) is 0 Å². The van der Waals surface area contributed by atoms with Gasteiger partial charge in [-0.1, -0.05) is 37.3 Å². The predicted octanol–water partition coefficient (Wildman–Crippen LogP) is 6.00. The molecule has 0 amide bonds. The first-order chi connectivity index (χ1) is 18.3. The quantitative estimate of drug-likeness (QED) is 0.294. The normalized spacial score (nSPS) is 13.3. The molecule has 3 aromatic carbocycles. The number of ether oxygens (including phenoxy) is 5. The van der Waals surface area contributed by atoms with E-state index in [1.807, 2.05) is 63.3 Å². The van der Waals surface area contributed by atoms with Crippen LogP contribution in [-0.2, 0) is 13.2 Å². The lowest BCUT2D eigenvalue weighted by Crippen LogP contribution is -2.28. The Bertz CT molecular complexity index is 1300. The minimum Gasteiger partial charge on any atom is -0.496 e. The SMILES string of the molecule is CCCOc1ccc(C(=O)COc2c3c(cc(OC)c2CO)OC(C)(C)C=C3)c(OCc2ccccc2)c1. The Kier molecular flexibility index (Phi) is 8.59. The molecule has 0 saturated heterocycles. The fourth-order valence-electron chi connectivity index (χ4n) is 4.12. The van der Waals surface area contributed by atoms with Crippen molar-refractivity contribution >= 4 is 11.9 Å². The lowest BCUT2D eigenvalue weighted by Gasteiger charge is -2.30. The Morgan fingerprint density at radius 3 is 2.50 bits per heavy atom. The first-order valence-electron chi connectivity index (χ1n) is 12.7. The first-order valence-corrected chi connectivity index (χ1v) is 12.7. The van der Waals surface area contributed by atoms with Gasteiger partial charge in [-0.3, -0.25) is 4.79 Å². The van der Waals surface area contributed by atoms with E-state index in [1.54, 1.807) is 24.3 Å². The zero-order valence-corrected chi connectivity index (χ0v) is 22.3. The first kappa shape index (κ1) is 27.1. The Hall–Kier alpha value is -3.97. The standard InChI is InChI=1S/C31H34O7/c1-5-15-35-22-11-12-23(28(16-22)36-19-21-9-7-6-8-10-21)26(33)20-37-30-24-13-14-31(2,3)38-29(24)17-27(34-4)25(30)18-32/h6-14,16-17,32H,5,15,18-20H2,1-4H3. The number of rotatable bonds is 12. The summed E-state index contributed by atoms with van der Waals surface area (Å²) in [4.78, 5) is 13.4. The van der Waals surface area contributed by atoms with Crippen LogP contribution in [0.15, 0.2) is 60.7 Å². The second-order valence-corrected chi connectivity index (χ2v) is 9.49. The molecule has 0 saturated carbocycles. The van der Waals surface area contributed by atoms with Crippen LogP contribution in [0.1, 0.15) is 54.2 Å². The topological polar surface area (TPSA) is 83.5 Å². The maximum absolute atomic E-state index is 13.4. The molecule has 1 N–H and O–H groups in total. The second-order valence-electron chi connectivity index (χ2n) is 9.49. The fourth-order valence-corrected chi connectivity index (χ4v) is 4.12. The summed E-state index contributed by atoms with van der Waals surface area (Å²) in [5, 5.41) is 10.1. The van der Waals surface area contributed by atoms with Crippen LogP contribution in [0.3, 0.4) is 0 Å². The van der Waals surface area contributed by atoms with Gasteiger partial charge in [-0.2, -0.15) is 0 Å². The zero-order valence-electron chi connectivity index (χ0n) is 22.3. The van der Waals surface area contributed by atoms with Crippen LogP contribution in [0.5, 0.6) is 28.7 Å². The summed E-state index contributed by atoms with van der Waals surface area (Å²) in [6.45, 7) is 6.16. The van der Waals surface area contributed by atoms with Crippen LogP contribution in [0.25, 0.3) is 6.08 Å². The number of carbonyl (C=O) groups is 1. The molecule has 0 aliphatic carbocycles. The van der Waals surface area contributed by atoms with Crippen LogP contribution < -0.4 is 23.7 Å². The number of hydrogen-bond donors (Lipinski definition) is 1. The van der Waals surface area contributed by atoms with Gasteiger partial charge in [0.25, 0.3) is 0 Å². The van der Waals surface area contributed by atoms with E-state index in [0.29, 0.717) is 58.7 Å². The maximum atomic E-state index is 13.4. The van der Waals surface area contributed by atoms with Gasteiger partial charge in [0.2, 0.25) is 5.78 Å². The van der Waals surface area contributed by atoms with Crippen molar-refractivity contribution in [3.05, 3.63) is 82.9 Å². The van der Waals surface area contributed by atoms with E-state index < -0.39 is 5.60 Å². The molecular weight excluding hydrogens is 484 g/mol. The number of carbonyl (C=O) groups excluding carboxylic acids is 1. The monoisotopic (exact) mass is 518 g/mol. The fraction of sp³-hybridized carbons (Fsp3) is 0.323. The molecule has 1 aliphatic rings. The maximum Gasteiger partial charge on any atom is 0.203 e. The van der Waals surface area contributed by atoms with Gasteiger partial charge in [0.15, 0.2) is 6.61 Å². The summed E-state index contributed by atoms with van der Waals surface area (Å²) in [7, 11) is 1.51. The molecule has 7 nitrogen and oxygen atoms in total. The highest BCUT2D eigenvalue weighted by Crippen LogP contribution is 2.44. The van der Waals surface area contributed by atoms with Crippen molar-refractivity contribution in [2.45, 2.75) is 46.0 Å². The number of aliphatic hydroxyl groups excluding tert-OH is 1. The van der Waals surface area contributed by atoms with Gasteiger partial charge in [0, 0.05) is 12.1 Å². The third-order valence-electron chi connectivity index (χ3n) is 6.06. The molecule has 0 radical (unpaired) electrons. The van der Waals surface area contributed by atoms with Crippen LogP contribution in [0.4, 0.5) is 0 Å². The average molecular weight is 519 g/mol. The summed E-state index contributed by atoms with van der Waals surface area (Å²) in [5.74, 6) is 2.08. The minimum atomic E-state index is -0.515. The zero-order chi connectivity index (χ0) is 27.1. The van der Waals surface area contributed by atoms with E-state index in [2.05, 4.69) is 0 Å². The highest BCUT2D eigenvalue weighted by molar-refractivity contribution is 6.00. The van der Waals surface area contributed by atoms with Crippen molar-refractivity contribution in [1.29, 1.82) is 0 Å². The molecule has 3 aromatic rings. The van der Waals surface area contributed by atoms with E-state index in [9.17, 15) is 9.90 Å². The predicted molar refractivity (Wildman–Crippen MR) is 145 cm³/mol. The highest BCUT2D eigenvalue weighted by atomic mass is 16.5. The smallest absolute Gasteiger partial charge is 0.203 e. The average Bonchev–Trinajstić information content (AvgIpc) is 2.92. The molecule has 0 atom stereocenters. The van der Waals surface area contributed by atoms with Crippen molar-refractivity contribution in [3.8, 4) is 28.7 Å². The van der Waals surface area contributed by atoms with Crippen LogP contribution in [0, 0.1) is 0 Å². The van der Waals surface area contributed by atoms with Crippen molar-refractivity contribution in [2.24, 2.45) is 0 Å². The molecule has 0 unspecified atom stereocenters. The highest BCUT2D eigenvalue weighted by Gasteiger charge is 2.28. The second kappa shape index (κ2) is 12.0. The molecule has 1 aliphatic heterocycles. The Balaban J connectivity index is 1.61. The number of hydrogen-bond acceptors (Lipinski definition) is 7. The van der Waals surface area contributed by atoms with Gasteiger partial charge in [0.05, 0.1) is 37.0 Å². The molecule has 0 bridgehead atoms. The molecule has 0 fully saturated rings. The van der Waals surface area contributed by atoms with Gasteiger partial charge >= 0.3 is 0 Å². The van der Waals surface area contributed by atoms with E-state index in [4.69, 9.17) is 23.7 Å². The van der Waals surface area contributed by atoms with Crippen LogP contribution >= 0.6 is 0 Å². The number of aliphatic hydroxyl groups is 1. The molecule has 4 rings (SSSR count). The molecule has 38 heavy (non-hydrogen) atoms. The Morgan fingerprint density at radius 2 is 1.79 bits per heavy atom. The lowest BCUT2D eigenvalue weighted by atomic mass is 9.99. The van der Waals surface area contributed by atoms with Crippen molar-refractivity contribution in [3.63, 3.8) is 0 Å². The van der Waals surface area contributed by atoms with E-state index in [1.165, 1.54) is 7.11 Å². The third kappa shape index (κ3) is 6.29. The number of ketones is 1. The van der Waals surface area contributed by atoms with Crippen molar-refractivity contribution in [2.75, 3.05) is 20.3 Å². The molecule has 0 spiro atoms. The van der Waals surface area contributed by atoms with Gasteiger partial charge < -0.3 is 28.8 Å². The Labute approximate surface area is 223 Å². The van der Waals surface area contributed by atoms with Crippen LogP contribution in [-0.4, -0.2) is 36.8 Å². The van der Waals surface area contributed by atoms with Crippen LogP contribution in [0.2, 0.25) is 0 Å². The molecule has 1 heterocycles. The molecule has 0 aromatic heterocycles. The van der Waals surface area contributed by atoms with Crippen molar-refractivity contribution in [1.82, 2.24) is 0 Å².